The number of rotatable bonds is 6. The Hall–Kier alpha value is -3.54. The third-order valence-electron chi connectivity index (χ3n) is 8.68. The molecule has 43 heavy (non-hydrogen) atoms. The van der Waals surface area contributed by atoms with E-state index >= 15 is 4.39 Å². The number of carbonyl (C=O) groups is 1. The molecule has 0 radical (unpaired) electrons. The molecule has 4 heterocycles. The van der Waals surface area contributed by atoms with E-state index in [2.05, 4.69) is 16.5 Å². The number of carbonyl (C=O) groups excluding carboxylic acids is 1. The standard InChI is InChI=1S/C31H34ClF2N5O4/c1-4-26(40)37-15-19(3)38(16-18(37)2)30-23-14-24(32)27(22-6-5-20(33)13-25(22)34)29-28(23)39(31(41)35-30)21(17-43-29)7-8-36-9-11-42-12-10-36/h4-6,13-14,18-19,21H,1,7-12,15-17H2,2-3H3/t18-,19+,21-/m1/s1. The fraction of sp³-hybridized carbons (Fsp3) is 0.452. The van der Waals surface area contributed by atoms with Gasteiger partial charge in [-0.1, -0.05) is 18.2 Å². The highest BCUT2D eigenvalue weighted by Gasteiger charge is 2.36. The number of amides is 1. The van der Waals surface area contributed by atoms with Crippen molar-refractivity contribution in [1.82, 2.24) is 19.4 Å². The van der Waals surface area contributed by atoms with Crippen LogP contribution in [0.1, 0.15) is 26.3 Å². The van der Waals surface area contributed by atoms with Gasteiger partial charge in [0.2, 0.25) is 5.91 Å². The fourth-order valence-corrected chi connectivity index (χ4v) is 6.73. The Morgan fingerprint density at radius 2 is 1.93 bits per heavy atom. The Balaban J connectivity index is 1.50. The molecule has 6 rings (SSSR count). The summed E-state index contributed by atoms with van der Waals surface area (Å²) in [6.07, 6.45) is 1.93. The first-order chi connectivity index (χ1) is 20.7. The highest BCUT2D eigenvalue weighted by molar-refractivity contribution is 6.35. The third-order valence-corrected chi connectivity index (χ3v) is 8.98. The van der Waals surface area contributed by atoms with E-state index in [1.807, 2.05) is 18.7 Å². The smallest absolute Gasteiger partial charge is 0.350 e. The minimum absolute atomic E-state index is 0.0750. The van der Waals surface area contributed by atoms with Crippen LogP contribution in [-0.2, 0) is 9.53 Å². The van der Waals surface area contributed by atoms with Crippen LogP contribution in [0.3, 0.4) is 0 Å². The number of ether oxygens (including phenoxy) is 2. The minimum atomic E-state index is -0.788. The molecule has 1 amide bonds. The van der Waals surface area contributed by atoms with Crippen molar-refractivity contribution >= 4 is 34.2 Å². The summed E-state index contributed by atoms with van der Waals surface area (Å²) in [5, 5.41) is 0.777. The molecule has 0 saturated carbocycles. The van der Waals surface area contributed by atoms with Crippen molar-refractivity contribution in [2.24, 2.45) is 0 Å². The highest BCUT2D eigenvalue weighted by atomic mass is 35.5. The first-order valence-corrected chi connectivity index (χ1v) is 14.9. The summed E-state index contributed by atoms with van der Waals surface area (Å²) >= 11 is 6.85. The van der Waals surface area contributed by atoms with Crippen LogP contribution in [0.5, 0.6) is 5.75 Å². The van der Waals surface area contributed by atoms with Gasteiger partial charge < -0.3 is 19.3 Å². The number of hydrogen-bond acceptors (Lipinski definition) is 7. The Labute approximate surface area is 253 Å². The van der Waals surface area contributed by atoms with Gasteiger partial charge in [0.1, 0.15) is 24.1 Å². The Morgan fingerprint density at radius 1 is 1.16 bits per heavy atom. The van der Waals surface area contributed by atoms with Crippen LogP contribution in [0.15, 0.2) is 41.7 Å². The number of anilines is 1. The SMILES string of the molecule is C=CC(=O)N1C[C@H](C)N(c2nc(=O)n3c4c(c(-c5ccc(F)cc5F)c(Cl)cc24)OC[C@H]3CCN2CCOCC2)C[C@H]1C. The van der Waals surface area contributed by atoms with Gasteiger partial charge in [-0.3, -0.25) is 14.3 Å². The number of benzene rings is 2. The van der Waals surface area contributed by atoms with Crippen molar-refractivity contribution < 1.29 is 23.0 Å². The molecule has 0 unspecified atom stereocenters. The first kappa shape index (κ1) is 29.5. The lowest BCUT2D eigenvalue weighted by molar-refractivity contribution is -0.128. The van der Waals surface area contributed by atoms with Gasteiger partial charge >= 0.3 is 5.69 Å². The second kappa shape index (κ2) is 11.9. The zero-order chi connectivity index (χ0) is 30.4. The molecule has 3 aromatic rings. The summed E-state index contributed by atoms with van der Waals surface area (Å²) in [4.78, 5) is 37.0. The van der Waals surface area contributed by atoms with E-state index in [1.54, 1.807) is 15.5 Å². The van der Waals surface area contributed by atoms with Crippen LogP contribution in [0.25, 0.3) is 22.0 Å². The van der Waals surface area contributed by atoms with Crippen LogP contribution in [-0.4, -0.2) is 89.9 Å². The molecule has 0 spiro atoms. The molecular weight excluding hydrogens is 580 g/mol. The molecule has 3 aliphatic heterocycles. The molecule has 0 N–H and O–H groups in total. The quantitative estimate of drug-likeness (QED) is 0.385. The molecule has 0 aliphatic carbocycles. The summed E-state index contributed by atoms with van der Waals surface area (Å²) in [6, 6.07) is 4.30. The van der Waals surface area contributed by atoms with Crippen molar-refractivity contribution in [2.75, 3.05) is 57.4 Å². The number of aromatic nitrogens is 2. The van der Waals surface area contributed by atoms with Crippen LogP contribution in [0.4, 0.5) is 14.6 Å². The van der Waals surface area contributed by atoms with E-state index in [1.165, 1.54) is 12.1 Å². The lowest BCUT2D eigenvalue weighted by atomic mass is 9.98. The van der Waals surface area contributed by atoms with Crippen LogP contribution < -0.4 is 15.3 Å². The monoisotopic (exact) mass is 613 g/mol. The first-order valence-electron chi connectivity index (χ1n) is 14.5. The molecule has 2 saturated heterocycles. The maximum absolute atomic E-state index is 15.1. The zero-order valence-corrected chi connectivity index (χ0v) is 24.9. The lowest BCUT2D eigenvalue weighted by Gasteiger charge is -2.45. The van der Waals surface area contributed by atoms with Crippen molar-refractivity contribution in [3.8, 4) is 16.9 Å². The van der Waals surface area contributed by atoms with Crippen molar-refractivity contribution in [1.29, 1.82) is 0 Å². The second-order valence-electron chi connectivity index (χ2n) is 11.4. The molecule has 1 aromatic heterocycles. The predicted octanol–water partition coefficient (Wildman–Crippen LogP) is 4.26. The second-order valence-corrected chi connectivity index (χ2v) is 11.8. The lowest BCUT2D eigenvalue weighted by Crippen LogP contribution is -2.58. The minimum Gasteiger partial charge on any atom is -0.488 e. The van der Waals surface area contributed by atoms with E-state index in [-0.39, 0.29) is 52.5 Å². The number of nitrogens with zero attached hydrogens (tertiary/aromatic N) is 5. The van der Waals surface area contributed by atoms with E-state index < -0.39 is 17.3 Å². The maximum atomic E-state index is 15.1. The average Bonchev–Trinajstić information content (AvgIpc) is 2.99. The van der Waals surface area contributed by atoms with Crippen LogP contribution in [0.2, 0.25) is 5.02 Å². The van der Waals surface area contributed by atoms with Crippen LogP contribution in [0, 0.1) is 11.6 Å². The number of hydrogen-bond donors (Lipinski definition) is 0. The Bertz CT molecular complexity index is 1640. The average molecular weight is 614 g/mol. The summed E-state index contributed by atoms with van der Waals surface area (Å²) in [5.74, 6) is -0.972. The van der Waals surface area contributed by atoms with E-state index in [0.717, 1.165) is 31.8 Å². The summed E-state index contributed by atoms with van der Waals surface area (Å²) in [6.45, 7) is 12.2. The molecule has 3 atom stereocenters. The summed E-state index contributed by atoms with van der Waals surface area (Å²) < 4.78 is 42.4. The van der Waals surface area contributed by atoms with Crippen molar-refractivity contribution in [2.45, 2.75) is 38.4 Å². The van der Waals surface area contributed by atoms with E-state index in [4.69, 9.17) is 21.1 Å². The van der Waals surface area contributed by atoms with E-state index in [9.17, 15) is 14.0 Å². The van der Waals surface area contributed by atoms with Gasteiger partial charge in [0.25, 0.3) is 0 Å². The van der Waals surface area contributed by atoms with Gasteiger partial charge in [0.15, 0.2) is 5.75 Å². The Morgan fingerprint density at radius 3 is 2.65 bits per heavy atom. The van der Waals surface area contributed by atoms with Gasteiger partial charge in [-0.15, -0.1) is 0 Å². The number of morpholine rings is 1. The van der Waals surface area contributed by atoms with Gasteiger partial charge in [-0.25, -0.2) is 13.6 Å². The topological polar surface area (TPSA) is 80.1 Å². The fourth-order valence-electron chi connectivity index (χ4n) is 6.44. The Kier molecular flexibility index (Phi) is 8.14. The van der Waals surface area contributed by atoms with Crippen molar-refractivity contribution in [3.63, 3.8) is 0 Å². The maximum Gasteiger partial charge on any atom is 0.350 e. The molecule has 2 fully saturated rings. The number of halogens is 3. The summed E-state index contributed by atoms with van der Waals surface area (Å²) in [7, 11) is 0. The molecule has 2 aromatic carbocycles. The van der Waals surface area contributed by atoms with Crippen LogP contribution >= 0.6 is 11.6 Å². The number of piperazine rings is 1. The summed E-state index contributed by atoms with van der Waals surface area (Å²) in [5.41, 5.74) is 0.356. The molecule has 228 valence electrons. The molecular formula is C31H34ClF2N5O4. The van der Waals surface area contributed by atoms with Gasteiger partial charge in [0, 0.05) is 67.4 Å². The molecule has 9 nitrogen and oxygen atoms in total. The normalized spacial score (nSPS) is 22.5. The highest BCUT2D eigenvalue weighted by Crippen LogP contribution is 2.47. The molecule has 12 heteroatoms. The largest absolute Gasteiger partial charge is 0.488 e. The van der Waals surface area contributed by atoms with Gasteiger partial charge in [-0.05, 0) is 44.5 Å². The zero-order valence-electron chi connectivity index (χ0n) is 24.2. The van der Waals surface area contributed by atoms with Gasteiger partial charge in [-0.2, -0.15) is 4.98 Å². The molecule has 0 bridgehead atoms. The van der Waals surface area contributed by atoms with Gasteiger partial charge in [0.05, 0.1) is 29.8 Å². The predicted molar refractivity (Wildman–Crippen MR) is 161 cm³/mol. The molecule has 3 aliphatic rings. The van der Waals surface area contributed by atoms with Crippen molar-refractivity contribution in [3.05, 3.63) is 64.1 Å². The van der Waals surface area contributed by atoms with E-state index in [0.29, 0.717) is 49.4 Å². The third kappa shape index (κ3) is 5.38.